The monoisotopic (exact) mass is 248 g/mol. The molecule has 3 nitrogen and oxygen atoms in total. The first kappa shape index (κ1) is 12.6. The minimum Gasteiger partial charge on any atom is -0.325 e. The molecule has 18 heavy (non-hydrogen) atoms. The maximum atomic E-state index is 12.9. The van der Waals surface area contributed by atoms with Crippen molar-refractivity contribution in [1.82, 2.24) is 10.2 Å². The number of likely N-dealkylation sites (tertiary alicyclic amines) is 1. The van der Waals surface area contributed by atoms with Crippen LogP contribution in [0.3, 0.4) is 0 Å². The van der Waals surface area contributed by atoms with Crippen molar-refractivity contribution >= 4 is 12.1 Å². The van der Waals surface area contributed by atoms with E-state index in [4.69, 9.17) is 0 Å². The van der Waals surface area contributed by atoms with E-state index in [0.29, 0.717) is 0 Å². The van der Waals surface area contributed by atoms with E-state index in [2.05, 4.69) is 5.32 Å². The Bertz CT molecular complexity index is 439. The van der Waals surface area contributed by atoms with Crippen LogP contribution in [0.2, 0.25) is 0 Å². The molecule has 2 rings (SSSR count). The lowest BCUT2D eigenvalue weighted by Crippen LogP contribution is -2.40. The van der Waals surface area contributed by atoms with Gasteiger partial charge in [0.05, 0.1) is 0 Å². The number of nitrogens with one attached hydrogen (secondary N) is 1. The van der Waals surface area contributed by atoms with Gasteiger partial charge in [-0.05, 0) is 43.0 Å². The fourth-order valence-corrected chi connectivity index (χ4v) is 2.01. The molecule has 1 aliphatic heterocycles. The second kappa shape index (κ2) is 6.19. The molecule has 1 aliphatic rings. The lowest BCUT2D eigenvalue weighted by Gasteiger charge is -2.26. The van der Waals surface area contributed by atoms with E-state index in [1.165, 1.54) is 18.6 Å². The number of halogens is 1. The summed E-state index contributed by atoms with van der Waals surface area (Å²) in [7, 11) is 0. The number of amides is 2. The molecular weight excluding hydrogens is 231 g/mol. The SMILES string of the molecule is O=C(N/C=C/c1cccc(F)c1)N1CCCCC1. The first-order valence-electron chi connectivity index (χ1n) is 6.23. The largest absolute Gasteiger partial charge is 0.325 e. The predicted octanol–water partition coefficient (Wildman–Crippen LogP) is 2.99. The van der Waals surface area contributed by atoms with Crippen LogP contribution in [0.5, 0.6) is 0 Å². The molecule has 2 amide bonds. The molecule has 4 heteroatoms. The predicted molar refractivity (Wildman–Crippen MR) is 69.4 cm³/mol. The van der Waals surface area contributed by atoms with Gasteiger partial charge in [0.25, 0.3) is 0 Å². The molecular formula is C14H17FN2O. The molecule has 1 aromatic rings. The molecule has 0 unspecified atom stereocenters. The van der Waals surface area contributed by atoms with Crippen molar-refractivity contribution < 1.29 is 9.18 Å². The molecule has 96 valence electrons. The van der Waals surface area contributed by atoms with Crippen LogP contribution in [0.4, 0.5) is 9.18 Å². The molecule has 0 aromatic heterocycles. The van der Waals surface area contributed by atoms with Crippen molar-refractivity contribution in [3.63, 3.8) is 0 Å². The van der Waals surface area contributed by atoms with Crippen molar-refractivity contribution in [2.24, 2.45) is 0 Å². The van der Waals surface area contributed by atoms with E-state index in [9.17, 15) is 9.18 Å². The van der Waals surface area contributed by atoms with E-state index in [1.807, 2.05) is 0 Å². The number of hydrogen-bond acceptors (Lipinski definition) is 1. The number of nitrogens with zero attached hydrogens (tertiary/aromatic N) is 1. The van der Waals surface area contributed by atoms with Gasteiger partial charge in [0.1, 0.15) is 5.82 Å². The highest BCUT2D eigenvalue weighted by atomic mass is 19.1. The van der Waals surface area contributed by atoms with Gasteiger partial charge in [-0.15, -0.1) is 0 Å². The van der Waals surface area contributed by atoms with Gasteiger partial charge in [-0.25, -0.2) is 9.18 Å². The Hall–Kier alpha value is -1.84. The number of rotatable bonds is 2. The summed E-state index contributed by atoms with van der Waals surface area (Å²) in [6.45, 7) is 1.64. The molecule has 1 heterocycles. The summed E-state index contributed by atoms with van der Waals surface area (Å²) in [4.78, 5) is 13.5. The lowest BCUT2D eigenvalue weighted by atomic mass is 10.1. The van der Waals surface area contributed by atoms with Gasteiger partial charge in [0, 0.05) is 19.3 Å². The van der Waals surface area contributed by atoms with Crippen molar-refractivity contribution in [2.75, 3.05) is 13.1 Å². The summed E-state index contributed by atoms with van der Waals surface area (Å²) >= 11 is 0. The highest BCUT2D eigenvalue weighted by Crippen LogP contribution is 2.08. The molecule has 0 atom stereocenters. The normalized spacial score (nSPS) is 15.9. The number of piperidine rings is 1. The summed E-state index contributed by atoms with van der Waals surface area (Å²) in [6.07, 6.45) is 6.58. The maximum Gasteiger partial charge on any atom is 0.321 e. The van der Waals surface area contributed by atoms with Gasteiger partial charge in [-0.1, -0.05) is 12.1 Å². The standard InChI is InChI=1S/C14H17FN2O/c15-13-6-4-5-12(11-13)7-8-16-14(18)17-9-2-1-3-10-17/h4-8,11H,1-3,9-10H2,(H,16,18)/b8-7+. The van der Waals surface area contributed by atoms with Gasteiger partial charge in [-0.2, -0.15) is 0 Å². The van der Waals surface area contributed by atoms with Gasteiger partial charge in [0.2, 0.25) is 0 Å². The zero-order valence-electron chi connectivity index (χ0n) is 10.2. The Morgan fingerprint density at radius 1 is 1.28 bits per heavy atom. The highest BCUT2D eigenvalue weighted by molar-refractivity contribution is 5.76. The fourth-order valence-electron chi connectivity index (χ4n) is 2.01. The smallest absolute Gasteiger partial charge is 0.321 e. The molecule has 0 bridgehead atoms. The van der Waals surface area contributed by atoms with Crippen LogP contribution in [-0.2, 0) is 0 Å². The third-order valence-corrected chi connectivity index (χ3v) is 2.97. The van der Waals surface area contributed by atoms with Crippen molar-refractivity contribution in [3.8, 4) is 0 Å². The maximum absolute atomic E-state index is 12.9. The Morgan fingerprint density at radius 3 is 2.78 bits per heavy atom. The third-order valence-electron chi connectivity index (χ3n) is 2.97. The Morgan fingerprint density at radius 2 is 2.06 bits per heavy atom. The summed E-state index contributed by atoms with van der Waals surface area (Å²) in [5.41, 5.74) is 0.731. The minimum absolute atomic E-state index is 0.0812. The second-order valence-electron chi connectivity index (χ2n) is 4.39. The first-order valence-corrected chi connectivity index (χ1v) is 6.23. The molecule has 1 aromatic carbocycles. The number of hydrogen-bond donors (Lipinski definition) is 1. The molecule has 0 aliphatic carbocycles. The minimum atomic E-state index is -0.278. The summed E-state index contributed by atoms with van der Waals surface area (Å²) in [5, 5.41) is 2.70. The van der Waals surface area contributed by atoms with Crippen LogP contribution in [0.1, 0.15) is 24.8 Å². The highest BCUT2D eigenvalue weighted by Gasteiger charge is 2.14. The molecule has 1 fully saturated rings. The van der Waals surface area contributed by atoms with Crippen LogP contribution in [-0.4, -0.2) is 24.0 Å². The number of carbonyl (C=O) groups is 1. The zero-order chi connectivity index (χ0) is 12.8. The van der Waals surface area contributed by atoms with E-state index < -0.39 is 0 Å². The lowest BCUT2D eigenvalue weighted by molar-refractivity contribution is 0.190. The Kier molecular flexibility index (Phi) is 4.34. The summed E-state index contributed by atoms with van der Waals surface area (Å²) in [6, 6.07) is 6.16. The Labute approximate surface area is 106 Å². The molecule has 1 N–H and O–H groups in total. The average Bonchev–Trinajstić information content (AvgIpc) is 2.40. The van der Waals surface area contributed by atoms with Gasteiger partial charge in [-0.3, -0.25) is 0 Å². The first-order chi connectivity index (χ1) is 8.75. The molecule has 0 spiro atoms. The number of urea groups is 1. The van der Waals surface area contributed by atoms with Gasteiger partial charge < -0.3 is 10.2 Å². The van der Waals surface area contributed by atoms with Crippen molar-refractivity contribution in [2.45, 2.75) is 19.3 Å². The van der Waals surface area contributed by atoms with E-state index >= 15 is 0 Å². The number of carbonyl (C=O) groups excluding carboxylic acids is 1. The van der Waals surface area contributed by atoms with Crippen LogP contribution in [0, 0.1) is 5.82 Å². The van der Waals surface area contributed by atoms with E-state index in [1.54, 1.807) is 29.3 Å². The third kappa shape index (κ3) is 3.58. The zero-order valence-corrected chi connectivity index (χ0v) is 10.2. The summed E-state index contributed by atoms with van der Waals surface area (Å²) < 4.78 is 12.9. The van der Waals surface area contributed by atoms with Crippen LogP contribution in [0.15, 0.2) is 30.5 Å². The fraction of sp³-hybridized carbons (Fsp3) is 0.357. The van der Waals surface area contributed by atoms with Gasteiger partial charge in [0.15, 0.2) is 0 Å². The van der Waals surface area contributed by atoms with Crippen LogP contribution in [0.25, 0.3) is 6.08 Å². The quantitative estimate of drug-likeness (QED) is 0.857. The van der Waals surface area contributed by atoms with E-state index in [-0.39, 0.29) is 11.8 Å². The molecule has 0 radical (unpaired) electrons. The summed E-state index contributed by atoms with van der Waals surface area (Å²) in [5.74, 6) is -0.278. The van der Waals surface area contributed by atoms with Crippen LogP contribution >= 0.6 is 0 Å². The van der Waals surface area contributed by atoms with Gasteiger partial charge >= 0.3 is 6.03 Å². The molecule has 0 saturated carbocycles. The topological polar surface area (TPSA) is 32.3 Å². The van der Waals surface area contributed by atoms with E-state index in [0.717, 1.165) is 31.5 Å². The average molecular weight is 248 g/mol. The van der Waals surface area contributed by atoms with Crippen molar-refractivity contribution in [3.05, 3.63) is 41.8 Å². The Balaban J connectivity index is 1.85. The van der Waals surface area contributed by atoms with Crippen molar-refractivity contribution in [1.29, 1.82) is 0 Å². The second-order valence-corrected chi connectivity index (χ2v) is 4.39. The molecule has 1 saturated heterocycles. The van der Waals surface area contributed by atoms with Crippen LogP contribution < -0.4 is 5.32 Å². The number of benzene rings is 1.